The minimum Gasteiger partial charge on any atom is -0.376 e. The molecule has 2 rings (SSSR count). The largest absolute Gasteiger partial charge is 0.376 e. The summed E-state index contributed by atoms with van der Waals surface area (Å²) in [7, 11) is -3.29. The molecule has 0 spiro atoms. The summed E-state index contributed by atoms with van der Waals surface area (Å²) in [5.41, 5.74) is 0.858. The van der Waals surface area contributed by atoms with Crippen molar-refractivity contribution in [3.05, 3.63) is 42.5 Å². The lowest BCUT2D eigenvalue weighted by molar-refractivity contribution is -0.124. The van der Waals surface area contributed by atoms with Crippen LogP contribution >= 0.6 is 0 Å². The third-order valence-electron chi connectivity index (χ3n) is 4.27. The smallest absolute Gasteiger partial charge is 0.178 e. The molecule has 0 unspecified atom stereocenters. The molecule has 1 saturated heterocycles. The summed E-state index contributed by atoms with van der Waals surface area (Å²) in [4.78, 5) is 0.353. The first kappa shape index (κ1) is 20.1. The van der Waals surface area contributed by atoms with Gasteiger partial charge in [-0.2, -0.15) is 0 Å². The average molecular weight is 368 g/mol. The molecule has 6 heteroatoms. The Morgan fingerprint density at radius 2 is 2.12 bits per heavy atom. The molecule has 1 heterocycles. The van der Waals surface area contributed by atoms with E-state index in [2.05, 4.69) is 6.58 Å². The first-order chi connectivity index (χ1) is 12.0. The summed E-state index contributed by atoms with van der Waals surface area (Å²) in [6.45, 7) is 7.52. The van der Waals surface area contributed by atoms with Gasteiger partial charge in [0.15, 0.2) is 9.84 Å². The number of hydrogen-bond donors (Lipinski definition) is 0. The van der Waals surface area contributed by atoms with Crippen LogP contribution in [0.2, 0.25) is 0 Å². The standard InChI is InChI=1S/C19H28O5S/c1-3-22-15-24-19(18-10-7-12-23-18)14-16(2)11-13-25(20,21)17-8-5-4-6-9-17/h4-6,8-9,18-19H,2-3,7,10-15H2,1H3/t18-,19+/m0/s1. The van der Waals surface area contributed by atoms with Crippen LogP contribution < -0.4 is 0 Å². The Bertz CT molecular complexity index is 620. The molecule has 0 aliphatic carbocycles. The van der Waals surface area contributed by atoms with Gasteiger partial charge in [-0.3, -0.25) is 0 Å². The fourth-order valence-corrected chi connectivity index (χ4v) is 4.19. The summed E-state index contributed by atoms with van der Waals surface area (Å²) in [6, 6.07) is 8.52. The molecule has 1 aromatic rings. The molecule has 5 nitrogen and oxygen atoms in total. The van der Waals surface area contributed by atoms with E-state index in [9.17, 15) is 8.42 Å². The molecule has 2 atom stereocenters. The number of sulfone groups is 1. The van der Waals surface area contributed by atoms with E-state index < -0.39 is 9.84 Å². The van der Waals surface area contributed by atoms with Crippen LogP contribution in [0.5, 0.6) is 0 Å². The van der Waals surface area contributed by atoms with E-state index in [0.29, 0.717) is 24.3 Å². The van der Waals surface area contributed by atoms with Crippen molar-refractivity contribution in [2.24, 2.45) is 0 Å². The lowest BCUT2D eigenvalue weighted by Crippen LogP contribution is -2.30. The Labute approximate surface area is 150 Å². The third kappa shape index (κ3) is 6.55. The summed E-state index contributed by atoms with van der Waals surface area (Å²) in [5.74, 6) is 0.0551. The zero-order valence-corrected chi connectivity index (χ0v) is 15.7. The molecule has 0 N–H and O–H groups in total. The first-order valence-electron chi connectivity index (χ1n) is 8.78. The van der Waals surface area contributed by atoms with Gasteiger partial charge in [-0.1, -0.05) is 30.4 Å². The molecule has 0 bridgehead atoms. The Balaban J connectivity index is 1.87. The maximum Gasteiger partial charge on any atom is 0.178 e. The molecule has 1 aliphatic rings. The highest BCUT2D eigenvalue weighted by atomic mass is 32.2. The summed E-state index contributed by atoms with van der Waals surface area (Å²) >= 11 is 0. The first-order valence-corrected chi connectivity index (χ1v) is 10.4. The van der Waals surface area contributed by atoms with Crippen molar-refractivity contribution in [2.75, 3.05) is 25.8 Å². The molecule has 1 fully saturated rings. The predicted octanol–water partition coefficient (Wildman–Crippen LogP) is 3.35. The van der Waals surface area contributed by atoms with Crippen molar-refractivity contribution in [3.8, 4) is 0 Å². The molecule has 0 saturated carbocycles. The lowest BCUT2D eigenvalue weighted by atomic mass is 10.0. The predicted molar refractivity (Wildman–Crippen MR) is 97.2 cm³/mol. The minimum absolute atomic E-state index is 0.0305. The van der Waals surface area contributed by atoms with Gasteiger partial charge in [0.2, 0.25) is 0 Å². The molecule has 25 heavy (non-hydrogen) atoms. The van der Waals surface area contributed by atoms with E-state index in [0.717, 1.165) is 25.0 Å². The van der Waals surface area contributed by atoms with Crippen LogP contribution in [-0.2, 0) is 24.0 Å². The van der Waals surface area contributed by atoms with Crippen molar-refractivity contribution < 1.29 is 22.6 Å². The monoisotopic (exact) mass is 368 g/mol. The number of rotatable bonds is 11. The van der Waals surface area contributed by atoms with Gasteiger partial charge >= 0.3 is 0 Å². The second kappa shape index (κ2) is 10.1. The second-order valence-corrected chi connectivity index (χ2v) is 8.31. The van der Waals surface area contributed by atoms with Gasteiger partial charge in [0, 0.05) is 13.2 Å². The fourth-order valence-electron chi connectivity index (χ4n) is 2.82. The van der Waals surface area contributed by atoms with E-state index in [1.54, 1.807) is 30.3 Å². The number of benzene rings is 1. The fraction of sp³-hybridized carbons (Fsp3) is 0.579. The Hall–Kier alpha value is -1.21. The van der Waals surface area contributed by atoms with E-state index >= 15 is 0 Å². The Kier molecular flexibility index (Phi) is 8.09. The van der Waals surface area contributed by atoms with Crippen molar-refractivity contribution in [3.63, 3.8) is 0 Å². The second-order valence-electron chi connectivity index (χ2n) is 6.20. The highest BCUT2D eigenvalue weighted by Crippen LogP contribution is 2.24. The van der Waals surface area contributed by atoms with Crippen LogP contribution in [0.15, 0.2) is 47.4 Å². The van der Waals surface area contributed by atoms with Crippen molar-refractivity contribution in [2.45, 2.75) is 49.7 Å². The normalized spacial score (nSPS) is 19.0. The molecular formula is C19H28O5S. The lowest BCUT2D eigenvalue weighted by Gasteiger charge is -2.24. The van der Waals surface area contributed by atoms with Crippen LogP contribution in [-0.4, -0.2) is 46.4 Å². The third-order valence-corrected chi connectivity index (χ3v) is 6.00. The van der Waals surface area contributed by atoms with Crippen LogP contribution in [0.1, 0.15) is 32.6 Å². The van der Waals surface area contributed by atoms with E-state index in [4.69, 9.17) is 14.2 Å². The van der Waals surface area contributed by atoms with Crippen LogP contribution in [0.4, 0.5) is 0 Å². The van der Waals surface area contributed by atoms with Gasteiger partial charge < -0.3 is 14.2 Å². The zero-order chi connectivity index (χ0) is 18.1. The van der Waals surface area contributed by atoms with E-state index in [1.165, 1.54) is 0 Å². The molecule has 1 aromatic carbocycles. The molecule has 0 radical (unpaired) electrons. The van der Waals surface area contributed by atoms with Crippen molar-refractivity contribution in [1.82, 2.24) is 0 Å². The minimum atomic E-state index is -3.29. The molecule has 1 aliphatic heterocycles. The number of hydrogen-bond acceptors (Lipinski definition) is 5. The SMILES string of the molecule is C=C(CCS(=O)(=O)c1ccccc1)C[C@@H](OCOCC)[C@@H]1CCCO1. The van der Waals surface area contributed by atoms with Gasteiger partial charge in [0.25, 0.3) is 0 Å². The van der Waals surface area contributed by atoms with E-state index in [-0.39, 0.29) is 24.8 Å². The van der Waals surface area contributed by atoms with Gasteiger partial charge in [0.1, 0.15) is 6.79 Å². The van der Waals surface area contributed by atoms with Gasteiger partial charge in [-0.05, 0) is 44.7 Å². The molecule has 140 valence electrons. The maximum absolute atomic E-state index is 12.4. The Morgan fingerprint density at radius 3 is 2.76 bits per heavy atom. The quantitative estimate of drug-likeness (QED) is 0.340. The highest BCUT2D eigenvalue weighted by Gasteiger charge is 2.27. The van der Waals surface area contributed by atoms with Crippen molar-refractivity contribution >= 4 is 9.84 Å². The van der Waals surface area contributed by atoms with Crippen LogP contribution in [0, 0.1) is 0 Å². The summed E-state index contributed by atoms with van der Waals surface area (Å²) in [5, 5.41) is 0. The molecule has 0 aromatic heterocycles. The topological polar surface area (TPSA) is 61.8 Å². The summed E-state index contributed by atoms with van der Waals surface area (Å²) < 4.78 is 41.5. The van der Waals surface area contributed by atoms with E-state index in [1.807, 2.05) is 6.92 Å². The Morgan fingerprint density at radius 1 is 1.36 bits per heavy atom. The molecular weight excluding hydrogens is 340 g/mol. The van der Waals surface area contributed by atoms with Crippen LogP contribution in [0.25, 0.3) is 0 Å². The van der Waals surface area contributed by atoms with Gasteiger partial charge in [-0.15, -0.1) is 0 Å². The zero-order valence-electron chi connectivity index (χ0n) is 14.9. The number of ether oxygens (including phenoxy) is 3. The van der Waals surface area contributed by atoms with Gasteiger partial charge in [-0.25, -0.2) is 8.42 Å². The van der Waals surface area contributed by atoms with Crippen LogP contribution in [0.3, 0.4) is 0 Å². The highest BCUT2D eigenvalue weighted by molar-refractivity contribution is 7.91. The van der Waals surface area contributed by atoms with Gasteiger partial charge in [0.05, 0.1) is 22.9 Å². The average Bonchev–Trinajstić information content (AvgIpc) is 3.15. The molecule has 0 amide bonds. The van der Waals surface area contributed by atoms with Crippen molar-refractivity contribution in [1.29, 1.82) is 0 Å². The maximum atomic E-state index is 12.4. The summed E-state index contributed by atoms with van der Waals surface area (Å²) in [6.07, 6.45) is 2.87.